The summed E-state index contributed by atoms with van der Waals surface area (Å²) in [5.74, 6) is -2.83. The number of fused-ring (bicyclic) bond motifs is 9. The van der Waals surface area contributed by atoms with Crippen LogP contribution in [0.15, 0.2) is 98.5 Å². The second kappa shape index (κ2) is 13.2. The van der Waals surface area contributed by atoms with E-state index in [-0.39, 0.29) is 35.7 Å². The first-order valence-electron chi connectivity index (χ1n) is 16.7. The van der Waals surface area contributed by atoms with Crippen LogP contribution in [0.5, 0.6) is 0 Å². The number of nitrogens with zero attached hydrogens (tertiary/aromatic N) is 2. The Kier molecular flexibility index (Phi) is 9.09. The molecule has 0 aromatic carbocycles. The van der Waals surface area contributed by atoms with Gasteiger partial charge >= 0.3 is 17.9 Å². The number of aliphatic hydroxyl groups is 1. The van der Waals surface area contributed by atoms with Crippen LogP contribution in [0.2, 0.25) is 0 Å². The molecule has 264 valence electrons. The minimum absolute atomic E-state index is 0.0170. The third kappa shape index (κ3) is 5.66. The summed E-state index contributed by atoms with van der Waals surface area (Å²) in [6, 6.07) is -0.184. The van der Waals surface area contributed by atoms with Crippen LogP contribution in [0.25, 0.3) is 17.9 Å². The van der Waals surface area contributed by atoms with Gasteiger partial charge in [0.1, 0.15) is 11.7 Å². The van der Waals surface area contributed by atoms with E-state index < -0.39 is 23.3 Å². The minimum Gasteiger partial charge on any atom is -0.508 e. The van der Waals surface area contributed by atoms with Crippen LogP contribution in [-0.2, 0) is 28.6 Å². The Morgan fingerprint density at radius 3 is 2.41 bits per heavy atom. The van der Waals surface area contributed by atoms with Crippen LogP contribution in [0.1, 0.15) is 44.7 Å². The largest absolute Gasteiger partial charge is 0.508 e. The molecule has 1 aliphatic carbocycles. The zero-order valence-electron chi connectivity index (χ0n) is 29.9. The number of aromatic nitrogens is 1. The monoisotopic (exact) mass is 690 g/mol. The number of hydrogen-bond acceptors (Lipinski definition) is 10. The fourth-order valence-electron chi connectivity index (χ4n) is 7.78. The third-order valence-corrected chi connectivity index (χ3v) is 10.7. The van der Waals surface area contributed by atoms with Crippen molar-refractivity contribution in [1.29, 1.82) is 0 Å². The number of aromatic amines is 1. The molecular formula is C40H42N4O7. The number of nitrogens with one attached hydrogen (secondary N) is 2. The number of allylic oxidation sites excluding steroid dienone is 7. The van der Waals surface area contributed by atoms with Gasteiger partial charge in [-0.15, -0.1) is 0 Å². The molecule has 1 aromatic rings. The van der Waals surface area contributed by atoms with Crippen molar-refractivity contribution in [1.82, 2.24) is 10.3 Å². The van der Waals surface area contributed by atoms with Crippen LogP contribution in [0.3, 0.4) is 0 Å². The van der Waals surface area contributed by atoms with Crippen molar-refractivity contribution in [3.63, 3.8) is 0 Å². The molecule has 0 amide bonds. The Morgan fingerprint density at radius 1 is 1.02 bits per heavy atom. The lowest BCUT2D eigenvalue weighted by molar-refractivity contribution is -0.149. The highest BCUT2D eigenvalue weighted by Crippen LogP contribution is 2.52. The van der Waals surface area contributed by atoms with Gasteiger partial charge in [0.05, 0.1) is 66.5 Å². The van der Waals surface area contributed by atoms with E-state index in [2.05, 4.69) is 36.5 Å². The van der Waals surface area contributed by atoms with Crippen molar-refractivity contribution >= 4 is 47.2 Å². The average Bonchev–Trinajstić information content (AvgIpc) is 3.77. The van der Waals surface area contributed by atoms with Gasteiger partial charge in [0.2, 0.25) is 0 Å². The molecule has 0 spiro atoms. The molecule has 5 heterocycles. The standard InChI is InChI=1S/C40H42N4O7/c1-10-23-19(2)28-16-32-26-13-11-25(38(47)50-8)37(39(48)51-9)40(26,6)34(44-32)18-29-21(4)36(22(5)45)33(43-29)17-31-24(12-14-35(46)49-7)20(3)27(42-31)15-30(23)41-28/h10-11,13,15-18,20,27,37,42-43,45H,1,5,12,14H2,2-4,6-9H3/b29-18?,30-15-,32-16?,33-17-/t20?,27?,37-,40+/m0/s1. The van der Waals surface area contributed by atoms with Gasteiger partial charge in [0.15, 0.2) is 0 Å². The molecule has 8 bridgehead atoms. The number of carbonyl (C=O) groups is 3. The number of aliphatic hydroxyl groups excluding tert-OH is 1. The zero-order chi connectivity index (χ0) is 36.9. The van der Waals surface area contributed by atoms with Crippen molar-refractivity contribution in [3.05, 3.63) is 110 Å². The molecule has 5 aliphatic rings. The molecule has 1 aromatic heterocycles. The first-order chi connectivity index (χ1) is 24.3. The van der Waals surface area contributed by atoms with E-state index in [0.717, 1.165) is 28.1 Å². The van der Waals surface area contributed by atoms with Gasteiger partial charge in [-0.05, 0) is 73.8 Å². The summed E-state index contributed by atoms with van der Waals surface area (Å²) in [4.78, 5) is 52.6. The lowest BCUT2D eigenvalue weighted by atomic mass is 9.63. The van der Waals surface area contributed by atoms with Crippen LogP contribution in [-0.4, -0.2) is 66.8 Å². The van der Waals surface area contributed by atoms with E-state index >= 15 is 0 Å². The average molecular weight is 691 g/mol. The quantitative estimate of drug-likeness (QED) is 0.218. The predicted molar refractivity (Wildman–Crippen MR) is 195 cm³/mol. The highest BCUT2D eigenvalue weighted by Gasteiger charge is 2.55. The summed E-state index contributed by atoms with van der Waals surface area (Å²) in [7, 11) is 3.93. The van der Waals surface area contributed by atoms with E-state index in [0.29, 0.717) is 50.9 Å². The third-order valence-electron chi connectivity index (χ3n) is 10.7. The van der Waals surface area contributed by atoms with Gasteiger partial charge in [0, 0.05) is 34.5 Å². The second-order valence-corrected chi connectivity index (χ2v) is 13.3. The highest BCUT2D eigenvalue weighted by atomic mass is 16.5. The van der Waals surface area contributed by atoms with Crippen molar-refractivity contribution in [2.75, 3.05) is 21.3 Å². The summed E-state index contributed by atoms with van der Waals surface area (Å²) >= 11 is 0. The molecule has 51 heavy (non-hydrogen) atoms. The first kappa shape index (κ1) is 35.1. The number of rotatable bonds is 7. The van der Waals surface area contributed by atoms with Gasteiger partial charge < -0.3 is 29.6 Å². The zero-order valence-corrected chi connectivity index (χ0v) is 29.9. The van der Waals surface area contributed by atoms with Gasteiger partial charge in [0.25, 0.3) is 0 Å². The summed E-state index contributed by atoms with van der Waals surface area (Å²) in [6.07, 6.45) is 13.5. The smallest absolute Gasteiger partial charge is 0.334 e. The van der Waals surface area contributed by atoms with Crippen LogP contribution in [0.4, 0.5) is 0 Å². The Bertz CT molecular complexity index is 2200. The van der Waals surface area contributed by atoms with Gasteiger partial charge in [-0.1, -0.05) is 38.3 Å². The van der Waals surface area contributed by atoms with Gasteiger partial charge in [-0.25, -0.2) is 9.79 Å². The Hall–Kier alpha value is -5.71. The Balaban J connectivity index is 1.69. The fourth-order valence-corrected chi connectivity index (χ4v) is 7.78. The number of hydrogen-bond donors (Lipinski definition) is 3. The van der Waals surface area contributed by atoms with Crippen molar-refractivity contribution in [2.24, 2.45) is 27.2 Å². The predicted octanol–water partition coefficient (Wildman–Crippen LogP) is 4.26. The maximum atomic E-state index is 13.6. The van der Waals surface area contributed by atoms with Gasteiger partial charge in [-0.2, -0.15) is 0 Å². The number of ether oxygens (including phenoxy) is 3. The Labute approximate surface area is 296 Å². The molecule has 11 heteroatoms. The summed E-state index contributed by atoms with van der Waals surface area (Å²) in [5.41, 5.74) is 6.90. The lowest BCUT2D eigenvalue weighted by Crippen LogP contribution is -2.44. The highest BCUT2D eigenvalue weighted by molar-refractivity contribution is 6.22. The molecule has 2 unspecified atom stereocenters. The molecule has 4 aliphatic heterocycles. The van der Waals surface area contributed by atoms with E-state index in [1.807, 2.05) is 39.0 Å². The molecule has 3 N–H and O–H groups in total. The molecule has 0 radical (unpaired) electrons. The molecule has 0 fully saturated rings. The second-order valence-electron chi connectivity index (χ2n) is 13.3. The van der Waals surface area contributed by atoms with E-state index in [1.54, 1.807) is 18.2 Å². The number of methoxy groups -OCH3 is 3. The van der Waals surface area contributed by atoms with Gasteiger partial charge in [-0.3, -0.25) is 14.6 Å². The molecule has 11 nitrogen and oxygen atoms in total. The van der Waals surface area contributed by atoms with Crippen molar-refractivity contribution < 1.29 is 33.7 Å². The topological polar surface area (TPSA) is 152 Å². The summed E-state index contributed by atoms with van der Waals surface area (Å²) < 4.78 is 15.3. The van der Waals surface area contributed by atoms with Crippen LogP contribution < -0.4 is 16.0 Å². The normalized spacial score (nSPS) is 26.4. The Morgan fingerprint density at radius 2 is 1.76 bits per heavy atom. The number of aliphatic imine (C=N–C) groups is 2. The minimum atomic E-state index is -1.17. The van der Waals surface area contributed by atoms with Crippen molar-refractivity contribution in [2.45, 2.75) is 46.6 Å². The lowest BCUT2D eigenvalue weighted by Gasteiger charge is -2.37. The van der Waals surface area contributed by atoms with Crippen LogP contribution >= 0.6 is 0 Å². The molecular weight excluding hydrogens is 648 g/mol. The number of esters is 3. The van der Waals surface area contributed by atoms with E-state index in [4.69, 9.17) is 24.2 Å². The number of H-pyrrole nitrogens is 1. The van der Waals surface area contributed by atoms with Crippen LogP contribution in [0, 0.1) is 24.2 Å². The molecule has 0 saturated heterocycles. The van der Waals surface area contributed by atoms with E-state index in [1.165, 1.54) is 21.3 Å². The molecule has 6 rings (SSSR count). The summed E-state index contributed by atoms with van der Waals surface area (Å²) in [5, 5.41) is 15.7. The maximum absolute atomic E-state index is 13.6. The summed E-state index contributed by atoms with van der Waals surface area (Å²) in [6.45, 7) is 15.7. The fraction of sp³-hybridized carbons (Fsp3) is 0.325. The van der Waals surface area contributed by atoms with E-state index in [9.17, 15) is 19.5 Å². The number of carbonyl (C=O) groups excluding carboxylic acids is 3. The SMILES string of the molecule is C=CC1=C(C)C2=N/C1=C\C1NC(=C(CCC(=O)OC)C1C)/C=c1\[nH]c(c(C)c1C(=C)O)=CC1=NC(=C2)C2=CC=C(C(=O)OC)[C@@H](C(=O)OC)[C@]21C. The molecule has 0 saturated carbocycles. The first-order valence-corrected chi connectivity index (χ1v) is 16.7. The molecule has 4 atom stereocenters. The van der Waals surface area contributed by atoms with Crippen molar-refractivity contribution in [3.8, 4) is 0 Å². The maximum Gasteiger partial charge on any atom is 0.334 e.